The first kappa shape index (κ1) is 26.1. The fourth-order valence-corrected chi connectivity index (χ4v) is 1.79. The molecule has 0 bridgehead atoms. The van der Waals surface area contributed by atoms with Crippen molar-refractivity contribution in [3.63, 3.8) is 0 Å². The summed E-state index contributed by atoms with van der Waals surface area (Å²) in [6.45, 7) is 8.08. The van der Waals surface area contributed by atoms with Crippen LogP contribution in [0.3, 0.4) is 0 Å². The van der Waals surface area contributed by atoms with E-state index in [4.69, 9.17) is 0 Å². The molecule has 153 valence electrons. The van der Waals surface area contributed by atoms with Gasteiger partial charge in [-0.05, 0) is 74.2 Å². The van der Waals surface area contributed by atoms with Gasteiger partial charge in [0.05, 0.1) is 0 Å². The van der Waals surface area contributed by atoms with Crippen LogP contribution in [0.5, 0.6) is 0 Å². The van der Waals surface area contributed by atoms with Crippen molar-refractivity contribution >= 4 is 0 Å². The number of pyridine rings is 4. The summed E-state index contributed by atoms with van der Waals surface area (Å²) in [6, 6.07) is 15.8. The molecule has 0 atom stereocenters. The van der Waals surface area contributed by atoms with Crippen molar-refractivity contribution in [2.24, 2.45) is 0 Å². The number of hydrogen-bond acceptors (Lipinski definition) is 4. The molecule has 0 aromatic carbocycles. The Labute approximate surface area is 185 Å². The summed E-state index contributed by atoms with van der Waals surface area (Å²) in [5.41, 5.74) is 4.84. The van der Waals surface area contributed by atoms with Crippen LogP contribution in [-0.2, 0) is 17.1 Å². The fourth-order valence-electron chi connectivity index (χ4n) is 1.79. The fraction of sp³-hybridized carbons (Fsp3) is 0.167. The minimum atomic E-state index is 0. The third-order valence-electron chi connectivity index (χ3n) is 3.24. The second-order valence-electron chi connectivity index (χ2n) is 6.12. The Kier molecular flexibility index (Phi) is 15.5. The van der Waals surface area contributed by atoms with Gasteiger partial charge in [0.1, 0.15) is 0 Å². The Balaban J connectivity index is 0.000000356. The number of aromatic nitrogens is 4. The van der Waals surface area contributed by atoms with Gasteiger partial charge >= 0.3 is 17.1 Å². The van der Waals surface area contributed by atoms with E-state index < -0.39 is 0 Å². The Morgan fingerprint density at radius 1 is 0.414 bits per heavy atom. The normalized spacial score (nSPS) is 8.41. The van der Waals surface area contributed by atoms with Gasteiger partial charge < -0.3 is 0 Å². The van der Waals surface area contributed by atoms with E-state index in [1.54, 1.807) is 24.8 Å². The molecule has 4 aromatic rings. The van der Waals surface area contributed by atoms with Crippen LogP contribution in [-0.4, -0.2) is 19.9 Å². The zero-order chi connectivity index (χ0) is 20.5. The van der Waals surface area contributed by atoms with Gasteiger partial charge in [0.25, 0.3) is 0 Å². The average Bonchev–Trinajstić information content (AvgIpc) is 2.72. The monoisotopic (exact) mass is 435 g/mol. The van der Waals surface area contributed by atoms with E-state index in [0.29, 0.717) is 0 Å². The molecule has 0 N–H and O–H groups in total. The second-order valence-corrected chi connectivity index (χ2v) is 6.12. The van der Waals surface area contributed by atoms with E-state index in [1.807, 2.05) is 101 Å². The SMILES string of the molecule is Cc1cccnc1.Cc1cccnc1.Cc1cccnc1.Cc1cccnc1.[Cu+2]. The molecule has 0 saturated carbocycles. The summed E-state index contributed by atoms with van der Waals surface area (Å²) in [5.74, 6) is 0. The molecule has 4 nitrogen and oxygen atoms in total. The minimum absolute atomic E-state index is 0. The van der Waals surface area contributed by atoms with Crippen molar-refractivity contribution in [3.8, 4) is 0 Å². The summed E-state index contributed by atoms with van der Waals surface area (Å²) >= 11 is 0. The molecule has 4 rings (SSSR count). The van der Waals surface area contributed by atoms with Crippen LogP contribution in [0.15, 0.2) is 98.1 Å². The maximum absolute atomic E-state index is 3.88. The smallest absolute Gasteiger partial charge is 0.264 e. The van der Waals surface area contributed by atoms with E-state index >= 15 is 0 Å². The van der Waals surface area contributed by atoms with E-state index in [2.05, 4.69) is 19.9 Å². The molecule has 0 aliphatic carbocycles. The zero-order valence-corrected chi connectivity index (χ0v) is 18.3. The van der Waals surface area contributed by atoms with Crippen LogP contribution < -0.4 is 0 Å². The van der Waals surface area contributed by atoms with Gasteiger partial charge in [-0.3, -0.25) is 19.9 Å². The number of aryl methyl sites for hydroxylation is 4. The summed E-state index contributed by atoms with van der Waals surface area (Å²) in [4.78, 5) is 15.5. The van der Waals surface area contributed by atoms with Crippen LogP contribution in [0.2, 0.25) is 0 Å². The standard InChI is InChI=1S/4C6H7N.Cu/c4*1-6-3-2-4-7-5-6;/h4*2-5H,1H3;/q;;;;+2. The van der Waals surface area contributed by atoms with E-state index in [1.165, 1.54) is 22.3 Å². The van der Waals surface area contributed by atoms with E-state index in [9.17, 15) is 0 Å². The van der Waals surface area contributed by atoms with Crippen LogP contribution in [0, 0.1) is 27.7 Å². The first-order chi connectivity index (χ1) is 13.6. The maximum atomic E-state index is 3.88. The molecule has 0 unspecified atom stereocenters. The Hall–Kier alpha value is -2.88. The van der Waals surface area contributed by atoms with Gasteiger partial charge in [-0.15, -0.1) is 0 Å². The van der Waals surface area contributed by atoms with E-state index in [0.717, 1.165) is 0 Å². The molecule has 0 aliphatic heterocycles. The summed E-state index contributed by atoms with van der Waals surface area (Å²) in [7, 11) is 0. The van der Waals surface area contributed by atoms with Crippen molar-refractivity contribution in [2.75, 3.05) is 0 Å². The van der Waals surface area contributed by atoms with Crippen molar-refractivity contribution < 1.29 is 17.1 Å². The molecular formula is C24H28CuN4+2. The summed E-state index contributed by atoms with van der Waals surface area (Å²) in [5, 5.41) is 0. The molecule has 0 fully saturated rings. The Morgan fingerprint density at radius 2 is 0.621 bits per heavy atom. The molecule has 5 heteroatoms. The second kappa shape index (κ2) is 17.2. The zero-order valence-electron chi connectivity index (χ0n) is 17.3. The Morgan fingerprint density at radius 3 is 0.690 bits per heavy atom. The van der Waals surface area contributed by atoms with Gasteiger partial charge in [-0.1, -0.05) is 24.3 Å². The molecule has 0 amide bonds. The van der Waals surface area contributed by atoms with Crippen LogP contribution in [0.4, 0.5) is 0 Å². The minimum Gasteiger partial charge on any atom is -0.264 e. The number of rotatable bonds is 0. The topological polar surface area (TPSA) is 51.6 Å². The van der Waals surface area contributed by atoms with Gasteiger partial charge in [-0.2, -0.15) is 0 Å². The van der Waals surface area contributed by atoms with Crippen LogP contribution in [0.1, 0.15) is 22.3 Å². The van der Waals surface area contributed by atoms with E-state index in [-0.39, 0.29) is 17.1 Å². The average molecular weight is 436 g/mol. The van der Waals surface area contributed by atoms with Crippen molar-refractivity contribution in [3.05, 3.63) is 120 Å². The first-order valence-electron chi connectivity index (χ1n) is 9.04. The number of nitrogens with zero attached hydrogens (tertiary/aromatic N) is 4. The quantitative estimate of drug-likeness (QED) is 0.339. The van der Waals surface area contributed by atoms with Crippen molar-refractivity contribution in [1.82, 2.24) is 19.9 Å². The molecule has 4 heterocycles. The van der Waals surface area contributed by atoms with Crippen molar-refractivity contribution in [1.29, 1.82) is 0 Å². The van der Waals surface area contributed by atoms with Crippen LogP contribution in [0.25, 0.3) is 0 Å². The molecule has 0 aliphatic rings. The third kappa shape index (κ3) is 15.8. The van der Waals surface area contributed by atoms with Gasteiger partial charge in [0.15, 0.2) is 0 Å². The summed E-state index contributed by atoms with van der Waals surface area (Å²) < 4.78 is 0. The van der Waals surface area contributed by atoms with Crippen LogP contribution >= 0.6 is 0 Å². The predicted octanol–water partition coefficient (Wildman–Crippen LogP) is 5.56. The molecule has 0 saturated heterocycles. The molecular weight excluding hydrogens is 408 g/mol. The maximum Gasteiger partial charge on any atom is 2.00 e. The van der Waals surface area contributed by atoms with Gasteiger partial charge in [0.2, 0.25) is 0 Å². The molecule has 0 spiro atoms. The Bertz CT molecular complexity index is 693. The third-order valence-corrected chi connectivity index (χ3v) is 3.24. The first-order valence-corrected chi connectivity index (χ1v) is 9.04. The molecule has 29 heavy (non-hydrogen) atoms. The molecule has 4 aromatic heterocycles. The van der Waals surface area contributed by atoms with Crippen molar-refractivity contribution in [2.45, 2.75) is 27.7 Å². The van der Waals surface area contributed by atoms with Gasteiger partial charge in [-0.25, -0.2) is 0 Å². The summed E-state index contributed by atoms with van der Waals surface area (Å²) in [6.07, 6.45) is 14.4. The molecule has 1 radical (unpaired) electrons. The van der Waals surface area contributed by atoms with Gasteiger partial charge in [0, 0.05) is 49.6 Å². The number of hydrogen-bond donors (Lipinski definition) is 0. The predicted molar refractivity (Wildman–Crippen MR) is 116 cm³/mol. The largest absolute Gasteiger partial charge is 2.00 e.